The van der Waals surface area contributed by atoms with E-state index in [-0.39, 0.29) is 24.2 Å². The van der Waals surface area contributed by atoms with Gasteiger partial charge in [0.25, 0.3) is 0 Å². The molecular formula is C22H24N2O2S. The third-order valence-electron chi connectivity index (χ3n) is 4.77. The molecule has 0 unspecified atom stereocenters. The lowest BCUT2D eigenvalue weighted by atomic mass is 10.0. The Morgan fingerprint density at radius 3 is 2.37 bits per heavy atom. The first-order valence-electron chi connectivity index (χ1n) is 8.95. The lowest BCUT2D eigenvalue weighted by molar-refractivity contribution is 0.0983. The predicted molar refractivity (Wildman–Crippen MR) is 110 cm³/mol. The van der Waals surface area contributed by atoms with Crippen molar-refractivity contribution in [2.45, 2.75) is 33.7 Å². The third kappa shape index (κ3) is 4.10. The Kier molecular flexibility index (Phi) is 5.73. The van der Waals surface area contributed by atoms with E-state index in [0.717, 1.165) is 21.7 Å². The molecule has 0 aliphatic carbocycles. The molecular weight excluding hydrogens is 356 g/mol. The second-order valence-corrected chi connectivity index (χ2v) is 7.82. The molecule has 4 nitrogen and oxygen atoms in total. The van der Waals surface area contributed by atoms with E-state index in [2.05, 4.69) is 47.6 Å². The van der Waals surface area contributed by atoms with Crippen LogP contribution in [0.25, 0.3) is 0 Å². The fourth-order valence-electron chi connectivity index (χ4n) is 3.44. The van der Waals surface area contributed by atoms with Crippen molar-refractivity contribution >= 4 is 22.9 Å². The molecule has 27 heavy (non-hydrogen) atoms. The molecule has 0 spiro atoms. The number of aryl methyl sites for hydroxylation is 2. The van der Waals surface area contributed by atoms with Crippen LogP contribution in [-0.2, 0) is 0 Å². The average Bonchev–Trinajstić information content (AvgIpc) is 3.24. The molecule has 0 bridgehead atoms. The fraction of sp³-hybridized carbons (Fsp3) is 0.273. The van der Waals surface area contributed by atoms with E-state index in [1.54, 1.807) is 11.3 Å². The predicted octanol–water partition coefficient (Wildman–Crippen LogP) is 4.77. The summed E-state index contributed by atoms with van der Waals surface area (Å²) in [6.45, 7) is 7.43. The standard InChI is InChI=1S/C22H24N2O2S/c1-13-7-9-17(10-8-13)22(19-6-5-11-27-19)23-12-18(26)21-14(2)20(16(4)25)15(3)24-21/h5-11,22-24H,12H2,1-4H3/t22-/m0/s1. The van der Waals surface area contributed by atoms with Crippen LogP contribution >= 0.6 is 11.3 Å². The van der Waals surface area contributed by atoms with E-state index >= 15 is 0 Å². The Hall–Kier alpha value is -2.50. The zero-order chi connectivity index (χ0) is 19.6. The largest absolute Gasteiger partial charge is 0.355 e. The van der Waals surface area contributed by atoms with Crippen molar-refractivity contribution in [3.05, 3.63) is 80.3 Å². The number of hydrogen-bond donors (Lipinski definition) is 2. The van der Waals surface area contributed by atoms with E-state index < -0.39 is 0 Å². The van der Waals surface area contributed by atoms with Gasteiger partial charge in [0.1, 0.15) is 0 Å². The van der Waals surface area contributed by atoms with Gasteiger partial charge in [0.2, 0.25) is 0 Å². The van der Waals surface area contributed by atoms with Gasteiger partial charge in [-0.25, -0.2) is 0 Å². The van der Waals surface area contributed by atoms with Gasteiger partial charge in [-0.3, -0.25) is 14.9 Å². The van der Waals surface area contributed by atoms with Gasteiger partial charge < -0.3 is 4.98 Å². The molecule has 0 amide bonds. The summed E-state index contributed by atoms with van der Waals surface area (Å²) in [5.74, 6) is -0.0684. The van der Waals surface area contributed by atoms with E-state index in [1.165, 1.54) is 12.5 Å². The van der Waals surface area contributed by atoms with Crippen LogP contribution < -0.4 is 5.32 Å². The van der Waals surface area contributed by atoms with Gasteiger partial charge >= 0.3 is 0 Å². The molecule has 140 valence electrons. The van der Waals surface area contributed by atoms with Gasteiger partial charge in [0.05, 0.1) is 18.3 Å². The number of rotatable bonds is 7. The van der Waals surface area contributed by atoms with Crippen LogP contribution in [0.15, 0.2) is 41.8 Å². The van der Waals surface area contributed by atoms with Gasteiger partial charge in [-0.15, -0.1) is 11.3 Å². The second-order valence-electron chi connectivity index (χ2n) is 6.84. The highest BCUT2D eigenvalue weighted by molar-refractivity contribution is 7.10. The van der Waals surface area contributed by atoms with Crippen molar-refractivity contribution in [1.82, 2.24) is 10.3 Å². The highest BCUT2D eigenvalue weighted by atomic mass is 32.1. The topological polar surface area (TPSA) is 62.0 Å². The van der Waals surface area contributed by atoms with Crippen LogP contribution in [-0.4, -0.2) is 23.1 Å². The number of nitrogens with one attached hydrogen (secondary N) is 2. The molecule has 3 rings (SSSR count). The van der Waals surface area contributed by atoms with Crippen molar-refractivity contribution in [2.75, 3.05) is 6.54 Å². The summed E-state index contributed by atoms with van der Waals surface area (Å²) in [7, 11) is 0. The normalized spacial score (nSPS) is 12.1. The zero-order valence-corrected chi connectivity index (χ0v) is 16.9. The minimum atomic E-state index is -0.0447. The van der Waals surface area contributed by atoms with Crippen molar-refractivity contribution in [1.29, 1.82) is 0 Å². The van der Waals surface area contributed by atoms with Gasteiger partial charge in [0.15, 0.2) is 11.6 Å². The van der Waals surface area contributed by atoms with Gasteiger partial charge in [-0.1, -0.05) is 35.9 Å². The maximum Gasteiger partial charge on any atom is 0.193 e. The van der Waals surface area contributed by atoms with Gasteiger partial charge in [-0.05, 0) is 50.3 Å². The highest BCUT2D eigenvalue weighted by Gasteiger charge is 2.21. The highest BCUT2D eigenvalue weighted by Crippen LogP contribution is 2.26. The number of Topliss-reactive ketones (excluding diaryl/α,β-unsaturated/α-hetero) is 2. The van der Waals surface area contributed by atoms with Gasteiger partial charge in [-0.2, -0.15) is 0 Å². The molecule has 5 heteroatoms. The Labute approximate surface area is 163 Å². The SMILES string of the molecule is CC(=O)c1c(C)[nH]c(C(=O)CN[C@@H](c2ccc(C)cc2)c2cccs2)c1C. The Morgan fingerprint density at radius 2 is 1.81 bits per heavy atom. The van der Waals surface area contributed by atoms with Crippen molar-refractivity contribution in [3.63, 3.8) is 0 Å². The lowest BCUT2D eigenvalue weighted by Crippen LogP contribution is -2.28. The molecule has 3 aromatic rings. The molecule has 2 N–H and O–H groups in total. The van der Waals surface area contributed by atoms with E-state index in [0.29, 0.717) is 11.3 Å². The quantitative estimate of drug-likeness (QED) is 0.581. The number of thiophene rings is 1. The van der Waals surface area contributed by atoms with E-state index in [9.17, 15) is 9.59 Å². The molecule has 0 radical (unpaired) electrons. The summed E-state index contributed by atoms with van der Waals surface area (Å²) >= 11 is 1.66. The number of H-pyrrole nitrogens is 1. The molecule has 1 atom stereocenters. The molecule has 0 aliphatic rings. The second kappa shape index (κ2) is 8.03. The summed E-state index contributed by atoms with van der Waals surface area (Å²) in [6.07, 6.45) is 0. The molecule has 1 aromatic carbocycles. The summed E-state index contributed by atoms with van der Waals surface area (Å²) in [4.78, 5) is 28.9. The molecule has 2 heterocycles. The van der Waals surface area contributed by atoms with Crippen LogP contribution in [0.2, 0.25) is 0 Å². The summed E-state index contributed by atoms with van der Waals surface area (Å²) in [5.41, 5.74) is 4.94. The first-order valence-corrected chi connectivity index (χ1v) is 9.83. The number of carbonyl (C=O) groups excluding carboxylic acids is 2. The molecule has 0 saturated carbocycles. The number of ketones is 2. The van der Waals surface area contributed by atoms with Crippen molar-refractivity contribution in [2.24, 2.45) is 0 Å². The van der Waals surface area contributed by atoms with Crippen molar-refractivity contribution in [3.8, 4) is 0 Å². The first-order chi connectivity index (χ1) is 12.9. The minimum absolute atomic E-state index is 0.0237. The Balaban J connectivity index is 1.82. The van der Waals surface area contributed by atoms with E-state index in [4.69, 9.17) is 0 Å². The number of aromatic nitrogens is 1. The fourth-order valence-corrected chi connectivity index (χ4v) is 4.26. The number of carbonyl (C=O) groups is 2. The monoisotopic (exact) mass is 380 g/mol. The van der Waals surface area contributed by atoms with E-state index in [1.807, 2.05) is 25.3 Å². The number of hydrogen-bond acceptors (Lipinski definition) is 4. The Bertz CT molecular complexity index is 953. The summed E-state index contributed by atoms with van der Waals surface area (Å²) < 4.78 is 0. The van der Waals surface area contributed by atoms with Crippen LogP contribution in [0.5, 0.6) is 0 Å². The third-order valence-corrected chi connectivity index (χ3v) is 5.71. The smallest absolute Gasteiger partial charge is 0.193 e. The number of benzene rings is 1. The summed E-state index contributed by atoms with van der Waals surface area (Å²) in [5, 5.41) is 5.44. The maximum absolute atomic E-state index is 12.8. The molecule has 2 aromatic heterocycles. The maximum atomic E-state index is 12.8. The number of aromatic amines is 1. The van der Waals surface area contributed by atoms with Crippen LogP contribution in [0, 0.1) is 20.8 Å². The minimum Gasteiger partial charge on any atom is -0.355 e. The average molecular weight is 381 g/mol. The van der Waals surface area contributed by atoms with Gasteiger partial charge in [0, 0.05) is 16.1 Å². The van der Waals surface area contributed by atoms with Crippen LogP contribution in [0.4, 0.5) is 0 Å². The molecule has 0 aliphatic heterocycles. The molecule has 0 fully saturated rings. The first kappa shape index (κ1) is 19.3. The van der Waals surface area contributed by atoms with Crippen LogP contribution in [0.3, 0.4) is 0 Å². The zero-order valence-electron chi connectivity index (χ0n) is 16.1. The lowest BCUT2D eigenvalue weighted by Gasteiger charge is -2.18. The summed E-state index contributed by atoms with van der Waals surface area (Å²) in [6, 6.07) is 12.4. The molecule has 0 saturated heterocycles. The Morgan fingerprint density at radius 1 is 1.11 bits per heavy atom. The van der Waals surface area contributed by atoms with Crippen LogP contribution in [0.1, 0.15) is 61.1 Å². The van der Waals surface area contributed by atoms with Crippen molar-refractivity contribution < 1.29 is 9.59 Å².